The summed E-state index contributed by atoms with van der Waals surface area (Å²) in [7, 11) is 0. The highest BCUT2D eigenvalue weighted by atomic mass is 19.4. The quantitative estimate of drug-likeness (QED) is 0.593. The molecule has 0 saturated heterocycles. The van der Waals surface area contributed by atoms with Gasteiger partial charge in [-0.05, 0) is 6.92 Å². The number of carbonyl (C=O) groups is 1. The molecule has 0 unspecified atom stereocenters. The highest BCUT2D eigenvalue weighted by molar-refractivity contribution is 6.05. The Labute approximate surface area is 138 Å². The number of aromatic nitrogens is 4. The molecule has 0 spiro atoms. The van der Waals surface area contributed by atoms with Gasteiger partial charge in [0.25, 0.3) is 5.91 Å². The molecule has 0 atom stereocenters. The summed E-state index contributed by atoms with van der Waals surface area (Å²) >= 11 is 0. The Bertz CT molecular complexity index is 769. The van der Waals surface area contributed by atoms with Crippen LogP contribution < -0.4 is 5.32 Å². The Kier molecular flexibility index (Phi) is 5.36. The van der Waals surface area contributed by atoms with Gasteiger partial charge in [-0.1, -0.05) is 0 Å². The first-order valence-electron chi connectivity index (χ1n) is 6.89. The lowest BCUT2D eigenvalue weighted by Gasteiger charge is -2.07. The van der Waals surface area contributed by atoms with Crippen LogP contribution in [0.1, 0.15) is 17.4 Å². The molecular formula is C12H13F3N6O4. The number of nitrogens with zero attached hydrogens (tertiary/aromatic N) is 5. The Balaban J connectivity index is 2.02. The number of rotatable bonds is 7. The number of halogens is 3. The fraction of sp³-hybridized carbons (Fsp3) is 0.417. The minimum Gasteiger partial charge on any atom is -0.350 e. The molecule has 136 valence electrons. The number of amides is 1. The number of aryl methyl sites for hydroxylation is 1. The zero-order valence-electron chi connectivity index (χ0n) is 12.9. The molecule has 1 N–H and O–H groups in total. The molecule has 0 saturated carbocycles. The zero-order chi connectivity index (χ0) is 18.6. The number of carbonyl (C=O) groups excluding carboxylic acids is 1. The van der Waals surface area contributed by atoms with E-state index in [1.54, 1.807) is 6.92 Å². The Morgan fingerprint density at radius 1 is 1.40 bits per heavy atom. The summed E-state index contributed by atoms with van der Waals surface area (Å²) in [6, 6.07) is 0. The van der Waals surface area contributed by atoms with Gasteiger partial charge in [0.2, 0.25) is 5.69 Å². The predicted molar refractivity (Wildman–Crippen MR) is 76.7 cm³/mol. The van der Waals surface area contributed by atoms with Gasteiger partial charge in [0.1, 0.15) is 19.5 Å². The summed E-state index contributed by atoms with van der Waals surface area (Å²) in [4.78, 5) is 22.3. The van der Waals surface area contributed by atoms with Gasteiger partial charge >= 0.3 is 11.9 Å². The second kappa shape index (κ2) is 7.29. The van der Waals surface area contributed by atoms with Gasteiger partial charge in [0.15, 0.2) is 0 Å². The van der Waals surface area contributed by atoms with Crippen LogP contribution >= 0.6 is 0 Å². The fourth-order valence-corrected chi connectivity index (χ4v) is 1.81. The lowest BCUT2D eigenvalue weighted by atomic mass is 10.3. The van der Waals surface area contributed by atoms with E-state index in [1.165, 1.54) is 10.9 Å². The van der Waals surface area contributed by atoms with Crippen LogP contribution in [0.25, 0.3) is 0 Å². The summed E-state index contributed by atoms with van der Waals surface area (Å²) in [5, 5.41) is 20.8. The second-order valence-corrected chi connectivity index (χ2v) is 4.79. The number of anilines is 1. The molecule has 0 aliphatic carbocycles. The van der Waals surface area contributed by atoms with E-state index in [4.69, 9.17) is 0 Å². The van der Waals surface area contributed by atoms with Crippen LogP contribution in [0.5, 0.6) is 0 Å². The second-order valence-electron chi connectivity index (χ2n) is 4.79. The SMILES string of the molecule is CCn1cc([N+](=O)[O-])c(C(=O)Nc2cnn(COCC(F)(F)F)c2)n1. The van der Waals surface area contributed by atoms with Crippen molar-refractivity contribution in [2.75, 3.05) is 11.9 Å². The maximum absolute atomic E-state index is 12.1. The lowest BCUT2D eigenvalue weighted by molar-refractivity contribution is -0.385. The van der Waals surface area contributed by atoms with Gasteiger partial charge in [-0.15, -0.1) is 0 Å². The molecule has 0 fully saturated rings. The highest BCUT2D eigenvalue weighted by Gasteiger charge is 2.28. The third-order valence-electron chi connectivity index (χ3n) is 2.86. The molecule has 0 aliphatic rings. The van der Waals surface area contributed by atoms with E-state index in [-0.39, 0.29) is 11.4 Å². The lowest BCUT2D eigenvalue weighted by Crippen LogP contribution is -2.18. The first-order chi connectivity index (χ1) is 11.7. The van der Waals surface area contributed by atoms with Gasteiger partial charge in [0.05, 0.1) is 23.0 Å². The number of hydrogen-bond donors (Lipinski definition) is 1. The van der Waals surface area contributed by atoms with Crippen LogP contribution in [0.4, 0.5) is 24.5 Å². The molecule has 0 aliphatic heterocycles. The summed E-state index contributed by atoms with van der Waals surface area (Å²) in [5.41, 5.74) is -0.714. The molecule has 0 radical (unpaired) electrons. The van der Waals surface area contributed by atoms with E-state index in [0.29, 0.717) is 6.54 Å². The normalized spacial score (nSPS) is 11.5. The average Bonchev–Trinajstić information content (AvgIpc) is 3.12. The van der Waals surface area contributed by atoms with Crippen molar-refractivity contribution in [3.8, 4) is 0 Å². The van der Waals surface area contributed by atoms with E-state index >= 15 is 0 Å². The van der Waals surface area contributed by atoms with Crippen molar-refractivity contribution in [1.82, 2.24) is 19.6 Å². The molecule has 13 heteroatoms. The van der Waals surface area contributed by atoms with Crippen molar-refractivity contribution in [2.45, 2.75) is 26.4 Å². The summed E-state index contributed by atoms with van der Waals surface area (Å²) < 4.78 is 42.6. The predicted octanol–water partition coefficient (Wildman–Crippen LogP) is 1.80. The van der Waals surface area contributed by atoms with Crippen LogP contribution in [-0.4, -0.2) is 43.2 Å². The molecule has 2 rings (SSSR count). The maximum Gasteiger partial charge on any atom is 0.411 e. The average molecular weight is 362 g/mol. The first-order valence-corrected chi connectivity index (χ1v) is 6.89. The van der Waals surface area contributed by atoms with Gasteiger partial charge in [-0.2, -0.15) is 23.4 Å². The molecule has 2 aromatic heterocycles. The minimum atomic E-state index is -4.46. The topological polar surface area (TPSA) is 117 Å². The van der Waals surface area contributed by atoms with Crippen molar-refractivity contribution in [3.05, 3.63) is 34.4 Å². The van der Waals surface area contributed by atoms with Crippen LogP contribution in [0.2, 0.25) is 0 Å². The first kappa shape index (κ1) is 18.4. The molecule has 25 heavy (non-hydrogen) atoms. The summed E-state index contributed by atoms with van der Waals surface area (Å²) in [5.74, 6) is -0.838. The minimum absolute atomic E-state index is 0.126. The van der Waals surface area contributed by atoms with Crippen LogP contribution in [0.3, 0.4) is 0 Å². The van der Waals surface area contributed by atoms with Crippen molar-refractivity contribution < 1.29 is 27.6 Å². The Hall–Kier alpha value is -2.96. The van der Waals surface area contributed by atoms with E-state index in [1.807, 2.05) is 0 Å². The molecule has 2 aromatic rings. The molecule has 0 aromatic carbocycles. The van der Waals surface area contributed by atoms with E-state index in [0.717, 1.165) is 17.1 Å². The number of hydrogen-bond acceptors (Lipinski definition) is 6. The van der Waals surface area contributed by atoms with Crippen LogP contribution in [0.15, 0.2) is 18.6 Å². The van der Waals surface area contributed by atoms with Gasteiger partial charge in [-0.25, -0.2) is 4.68 Å². The van der Waals surface area contributed by atoms with E-state index < -0.39 is 36.0 Å². The molecule has 0 bridgehead atoms. The van der Waals surface area contributed by atoms with Crippen molar-refractivity contribution in [3.63, 3.8) is 0 Å². The highest BCUT2D eigenvalue weighted by Crippen LogP contribution is 2.19. The zero-order valence-corrected chi connectivity index (χ0v) is 12.9. The monoisotopic (exact) mass is 362 g/mol. The van der Waals surface area contributed by atoms with Crippen LogP contribution in [0, 0.1) is 10.1 Å². The molecular weight excluding hydrogens is 349 g/mol. The third kappa shape index (κ3) is 5.00. The number of alkyl halides is 3. The number of nitrogens with one attached hydrogen (secondary N) is 1. The van der Waals surface area contributed by atoms with Gasteiger partial charge in [-0.3, -0.25) is 19.6 Å². The molecule has 1 amide bonds. The molecule has 2 heterocycles. The smallest absolute Gasteiger partial charge is 0.350 e. The van der Waals surface area contributed by atoms with Crippen molar-refractivity contribution >= 4 is 17.3 Å². The third-order valence-corrected chi connectivity index (χ3v) is 2.86. The van der Waals surface area contributed by atoms with E-state index in [2.05, 4.69) is 20.3 Å². The maximum atomic E-state index is 12.1. The number of ether oxygens (including phenoxy) is 1. The molecule has 10 nitrogen and oxygen atoms in total. The van der Waals surface area contributed by atoms with Crippen LogP contribution in [-0.2, 0) is 18.0 Å². The Morgan fingerprint density at radius 3 is 2.72 bits per heavy atom. The summed E-state index contributed by atoms with van der Waals surface area (Å²) in [6.45, 7) is 0.126. The number of nitro groups is 1. The van der Waals surface area contributed by atoms with Gasteiger partial charge < -0.3 is 10.1 Å². The standard InChI is InChI=1S/C12H13F3N6O4/c1-2-19-5-9(21(23)24)10(18-19)11(22)17-8-3-16-20(4-8)7-25-6-12(13,14)15/h3-5H,2,6-7H2,1H3,(H,17,22). The van der Waals surface area contributed by atoms with Crippen molar-refractivity contribution in [2.24, 2.45) is 0 Å². The van der Waals surface area contributed by atoms with E-state index in [9.17, 15) is 28.1 Å². The Morgan fingerprint density at radius 2 is 2.12 bits per heavy atom. The fourth-order valence-electron chi connectivity index (χ4n) is 1.81. The largest absolute Gasteiger partial charge is 0.411 e. The van der Waals surface area contributed by atoms with Crippen molar-refractivity contribution in [1.29, 1.82) is 0 Å². The van der Waals surface area contributed by atoms with Gasteiger partial charge in [0, 0.05) is 6.54 Å². The summed E-state index contributed by atoms with van der Waals surface area (Å²) in [6.07, 6.45) is -0.945.